The van der Waals surface area contributed by atoms with Gasteiger partial charge in [-0.05, 0) is 53.8 Å². The third-order valence-electron chi connectivity index (χ3n) is 5.90. The van der Waals surface area contributed by atoms with Crippen molar-refractivity contribution in [2.75, 3.05) is 0 Å². The largest absolute Gasteiger partial charge is 0.511 e. The SMILES string of the molecule is CCCC1(Cc2cccc3ccccc23)CC(O)=C(Sc2cc(C)ccc2C)C(=O)O1. The molecule has 0 aromatic heterocycles. The Morgan fingerprint density at radius 2 is 1.84 bits per heavy atom. The first-order valence-electron chi connectivity index (χ1n) is 10.8. The second kappa shape index (κ2) is 8.80. The van der Waals surface area contributed by atoms with E-state index in [0.717, 1.165) is 33.4 Å². The van der Waals surface area contributed by atoms with Gasteiger partial charge in [-0.1, -0.05) is 79.7 Å². The average molecular weight is 433 g/mol. The van der Waals surface area contributed by atoms with E-state index in [1.165, 1.54) is 17.1 Å². The molecule has 0 bridgehead atoms. The lowest BCUT2D eigenvalue weighted by Gasteiger charge is -2.37. The van der Waals surface area contributed by atoms with Crippen LogP contribution in [0, 0.1) is 13.8 Å². The molecule has 1 heterocycles. The molecule has 1 unspecified atom stereocenters. The molecule has 160 valence electrons. The van der Waals surface area contributed by atoms with Crippen molar-refractivity contribution in [2.45, 2.75) is 57.0 Å². The van der Waals surface area contributed by atoms with Gasteiger partial charge in [-0.25, -0.2) is 4.79 Å². The molecule has 1 aliphatic rings. The molecule has 3 aromatic carbocycles. The number of benzene rings is 3. The summed E-state index contributed by atoms with van der Waals surface area (Å²) in [6.45, 7) is 6.11. The molecule has 0 amide bonds. The van der Waals surface area contributed by atoms with Crippen LogP contribution in [0.4, 0.5) is 0 Å². The fourth-order valence-corrected chi connectivity index (χ4v) is 5.39. The van der Waals surface area contributed by atoms with Gasteiger partial charge < -0.3 is 9.84 Å². The number of hydrogen-bond donors (Lipinski definition) is 1. The number of carbonyl (C=O) groups is 1. The lowest BCUT2D eigenvalue weighted by molar-refractivity contribution is -0.158. The van der Waals surface area contributed by atoms with Crippen LogP contribution in [0.1, 0.15) is 42.9 Å². The van der Waals surface area contributed by atoms with Crippen molar-refractivity contribution < 1.29 is 14.6 Å². The monoisotopic (exact) mass is 432 g/mol. The van der Waals surface area contributed by atoms with Crippen molar-refractivity contribution in [3.8, 4) is 0 Å². The van der Waals surface area contributed by atoms with E-state index < -0.39 is 11.6 Å². The number of esters is 1. The number of aryl methyl sites for hydroxylation is 2. The fourth-order valence-electron chi connectivity index (χ4n) is 4.39. The quantitative estimate of drug-likeness (QED) is 0.424. The van der Waals surface area contributed by atoms with E-state index in [9.17, 15) is 9.90 Å². The second-order valence-corrected chi connectivity index (χ2v) is 9.51. The van der Waals surface area contributed by atoms with Crippen molar-refractivity contribution in [1.29, 1.82) is 0 Å². The van der Waals surface area contributed by atoms with Crippen molar-refractivity contribution >= 4 is 28.5 Å². The highest BCUT2D eigenvalue weighted by atomic mass is 32.2. The van der Waals surface area contributed by atoms with E-state index in [-0.39, 0.29) is 5.76 Å². The Morgan fingerprint density at radius 3 is 2.61 bits per heavy atom. The summed E-state index contributed by atoms with van der Waals surface area (Å²) in [5.74, 6) is -0.292. The molecule has 0 saturated carbocycles. The van der Waals surface area contributed by atoms with E-state index in [0.29, 0.717) is 24.2 Å². The molecule has 0 fully saturated rings. The Bertz CT molecular complexity index is 1160. The number of hydrogen-bond acceptors (Lipinski definition) is 4. The highest BCUT2D eigenvalue weighted by Crippen LogP contribution is 2.42. The van der Waals surface area contributed by atoms with Crippen LogP contribution in [0.5, 0.6) is 0 Å². The van der Waals surface area contributed by atoms with Crippen LogP contribution in [0.15, 0.2) is 76.2 Å². The predicted octanol–water partition coefficient (Wildman–Crippen LogP) is 7.05. The third kappa shape index (κ3) is 4.49. The van der Waals surface area contributed by atoms with E-state index in [1.807, 2.05) is 50.2 Å². The van der Waals surface area contributed by atoms with Crippen LogP contribution in [0.3, 0.4) is 0 Å². The molecule has 1 N–H and O–H groups in total. The standard InChI is InChI=1S/C27H28O3S/c1-4-14-27(16-21-10-7-9-20-8-5-6-11-22(20)21)17-23(28)25(26(29)30-27)31-24-15-18(2)12-13-19(24)3/h5-13,15,28H,4,14,16-17H2,1-3H3. The van der Waals surface area contributed by atoms with Crippen LogP contribution in [0.25, 0.3) is 10.8 Å². The number of carbonyl (C=O) groups excluding carboxylic acids is 1. The molecule has 1 atom stereocenters. The molecule has 3 nitrogen and oxygen atoms in total. The van der Waals surface area contributed by atoms with Gasteiger partial charge in [-0.2, -0.15) is 0 Å². The molecule has 0 radical (unpaired) electrons. The minimum Gasteiger partial charge on any atom is -0.511 e. The topological polar surface area (TPSA) is 46.5 Å². The van der Waals surface area contributed by atoms with Crippen molar-refractivity contribution in [1.82, 2.24) is 0 Å². The minimum atomic E-state index is -0.730. The van der Waals surface area contributed by atoms with Crippen molar-refractivity contribution in [3.63, 3.8) is 0 Å². The van der Waals surface area contributed by atoms with E-state index in [2.05, 4.69) is 31.2 Å². The highest BCUT2D eigenvalue weighted by molar-refractivity contribution is 8.04. The number of aliphatic hydroxyl groups excluding tert-OH is 1. The maximum Gasteiger partial charge on any atom is 0.349 e. The second-order valence-electron chi connectivity index (χ2n) is 8.46. The summed E-state index contributed by atoms with van der Waals surface area (Å²) in [5, 5.41) is 13.3. The van der Waals surface area contributed by atoms with Gasteiger partial charge in [0.25, 0.3) is 0 Å². The molecule has 4 heteroatoms. The van der Waals surface area contributed by atoms with E-state index in [4.69, 9.17) is 4.74 Å². The summed E-state index contributed by atoms with van der Waals surface area (Å²) in [7, 11) is 0. The Kier molecular flexibility index (Phi) is 6.10. The molecule has 0 aliphatic carbocycles. The Balaban J connectivity index is 1.67. The van der Waals surface area contributed by atoms with Crippen LogP contribution in [-0.2, 0) is 16.0 Å². The molecule has 0 saturated heterocycles. The first-order chi connectivity index (χ1) is 14.9. The van der Waals surface area contributed by atoms with Gasteiger partial charge in [0.1, 0.15) is 16.3 Å². The Morgan fingerprint density at radius 1 is 1.06 bits per heavy atom. The van der Waals surface area contributed by atoms with Crippen LogP contribution in [-0.4, -0.2) is 16.7 Å². The molecular formula is C27H28O3S. The summed E-state index contributed by atoms with van der Waals surface area (Å²) < 4.78 is 6.11. The maximum atomic E-state index is 13.1. The number of rotatable bonds is 6. The molecular weight excluding hydrogens is 404 g/mol. The minimum absolute atomic E-state index is 0.135. The molecule has 1 aliphatic heterocycles. The first-order valence-corrected chi connectivity index (χ1v) is 11.6. The van der Waals surface area contributed by atoms with Gasteiger partial charge >= 0.3 is 5.97 Å². The Labute approximate surface area is 188 Å². The number of ether oxygens (including phenoxy) is 1. The van der Waals surface area contributed by atoms with Gasteiger partial charge in [-0.15, -0.1) is 0 Å². The number of fused-ring (bicyclic) bond motifs is 1. The van der Waals surface area contributed by atoms with Crippen molar-refractivity contribution in [2.24, 2.45) is 0 Å². The van der Waals surface area contributed by atoms with Crippen LogP contribution >= 0.6 is 11.8 Å². The lowest BCUT2D eigenvalue weighted by Crippen LogP contribution is -2.41. The van der Waals surface area contributed by atoms with Gasteiger partial charge in [0, 0.05) is 17.7 Å². The van der Waals surface area contributed by atoms with Crippen LogP contribution < -0.4 is 0 Å². The normalized spacial score (nSPS) is 19.0. The maximum absolute atomic E-state index is 13.1. The summed E-state index contributed by atoms with van der Waals surface area (Å²) in [6.07, 6.45) is 2.49. The third-order valence-corrected chi connectivity index (χ3v) is 7.17. The highest BCUT2D eigenvalue weighted by Gasteiger charge is 2.42. The first kappa shape index (κ1) is 21.5. The fraction of sp³-hybridized carbons (Fsp3) is 0.296. The molecule has 31 heavy (non-hydrogen) atoms. The summed E-state index contributed by atoms with van der Waals surface area (Å²) in [6, 6.07) is 20.6. The van der Waals surface area contributed by atoms with Gasteiger partial charge in [0.2, 0.25) is 0 Å². The number of cyclic esters (lactones) is 1. The average Bonchev–Trinajstić information content (AvgIpc) is 2.74. The lowest BCUT2D eigenvalue weighted by atomic mass is 9.83. The molecule has 4 rings (SSSR count). The van der Waals surface area contributed by atoms with Crippen molar-refractivity contribution in [3.05, 3.63) is 88.0 Å². The van der Waals surface area contributed by atoms with Crippen LogP contribution in [0.2, 0.25) is 0 Å². The number of thioether (sulfide) groups is 1. The smallest absolute Gasteiger partial charge is 0.349 e. The predicted molar refractivity (Wildman–Crippen MR) is 127 cm³/mol. The molecule has 3 aromatic rings. The van der Waals surface area contributed by atoms with Gasteiger partial charge in [-0.3, -0.25) is 0 Å². The molecule has 0 spiro atoms. The van der Waals surface area contributed by atoms with E-state index in [1.54, 1.807) is 0 Å². The zero-order valence-corrected chi connectivity index (χ0v) is 19.1. The van der Waals surface area contributed by atoms with Gasteiger partial charge in [0.15, 0.2) is 0 Å². The summed E-state index contributed by atoms with van der Waals surface area (Å²) in [5.41, 5.74) is 2.60. The Hall–Kier alpha value is -2.72. The number of aliphatic hydroxyl groups is 1. The summed E-state index contributed by atoms with van der Waals surface area (Å²) in [4.78, 5) is 14.4. The zero-order valence-electron chi connectivity index (χ0n) is 18.3. The van der Waals surface area contributed by atoms with E-state index >= 15 is 0 Å². The zero-order chi connectivity index (χ0) is 22.0. The van der Waals surface area contributed by atoms with Gasteiger partial charge in [0.05, 0.1) is 0 Å². The summed E-state index contributed by atoms with van der Waals surface area (Å²) >= 11 is 1.30.